The molecule has 0 aliphatic heterocycles. The number of hydrogen-bond donors (Lipinski definition) is 1. The van der Waals surface area contributed by atoms with Gasteiger partial charge in [-0.1, -0.05) is 17.3 Å². The van der Waals surface area contributed by atoms with E-state index in [9.17, 15) is 0 Å². The molecule has 0 radical (unpaired) electrons. The van der Waals surface area contributed by atoms with Gasteiger partial charge in [0.05, 0.1) is 17.8 Å². The van der Waals surface area contributed by atoms with Gasteiger partial charge in [-0.25, -0.2) is 4.68 Å². The topological polar surface area (TPSA) is 69.6 Å². The van der Waals surface area contributed by atoms with Crippen molar-refractivity contribution in [3.8, 4) is 0 Å². The fraction of sp³-hybridized carbons (Fsp3) is 0.214. The Morgan fingerprint density at radius 3 is 3.05 bits per heavy atom. The van der Waals surface area contributed by atoms with Crippen molar-refractivity contribution in [2.45, 2.75) is 13.0 Å². The van der Waals surface area contributed by atoms with Crippen LogP contribution in [0, 0.1) is 0 Å². The molecule has 96 valence electrons. The first-order valence-electron chi connectivity index (χ1n) is 6.28. The first-order valence-corrected chi connectivity index (χ1v) is 6.28. The van der Waals surface area contributed by atoms with Gasteiger partial charge in [0, 0.05) is 24.2 Å². The second-order valence-electron chi connectivity index (χ2n) is 4.48. The molecule has 0 aliphatic carbocycles. The normalized spacial score (nSPS) is 11.0. The standard InChI is InChI=1S/C14H15N5/c15-6-5-13-10-19(18-17-13)9-11-3-4-14-12(8-11)2-1-7-16-14/h1-4,7-8,10H,5-6,9,15H2. The third-order valence-electron chi connectivity index (χ3n) is 3.00. The highest BCUT2D eigenvalue weighted by Gasteiger charge is 2.02. The van der Waals surface area contributed by atoms with E-state index in [4.69, 9.17) is 5.73 Å². The summed E-state index contributed by atoms with van der Waals surface area (Å²) >= 11 is 0. The predicted molar refractivity (Wildman–Crippen MR) is 73.6 cm³/mol. The van der Waals surface area contributed by atoms with Gasteiger partial charge in [0.2, 0.25) is 0 Å². The van der Waals surface area contributed by atoms with Crippen molar-refractivity contribution >= 4 is 10.9 Å². The molecule has 0 atom stereocenters. The minimum Gasteiger partial charge on any atom is -0.330 e. The van der Waals surface area contributed by atoms with Crippen molar-refractivity contribution in [3.63, 3.8) is 0 Å². The van der Waals surface area contributed by atoms with E-state index in [1.165, 1.54) is 5.56 Å². The Bertz CT molecular complexity index is 689. The number of fused-ring (bicyclic) bond motifs is 1. The van der Waals surface area contributed by atoms with E-state index in [1.807, 2.05) is 23.0 Å². The SMILES string of the molecule is NCCc1cn(Cc2ccc3ncccc3c2)nn1. The van der Waals surface area contributed by atoms with Crippen LogP contribution in [0.1, 0.15) is 11.3 Å². The lowest BCUT2D eigenvalue weighted by Crippen LogP contribution is -2.02. The van der Waals surface area contributed by atoms with Crippen LogP contribution in [0.4, 0.5) is 0 Å². The largest absolute Gasteiger partial charge is 0.330 e. The first-order chi connectivity index (χ1) is 9.35. The molecule has 2 heterocycles. The van der Waals surface area contributed by atoms with Crippen molar-refractivity contribution in [1.29, 1.82) is 0 Å². The van der Waals surface area contributed by atoms with E-state index in [1.54, 1.807) is 6.20 Å². The van der Waals surface area contributed by atoms with Crippen molar-refractivity contribution in [2.75, 3.05) is 6.54 Å². The Morgan fingerprint density at radius 1 is 1.21 bits per heavy atom. The Kier molecular flexibility index (Phi) is 3.20. The van der Waals surface area contributed by atoms with Crippen LogP contribution >= 0.6 is 0 Å². The van der Waals surface area contributed by atoms with E-state index in [-0.39, 0.29) is 0 Å². The van der Waals surface area contributed by atoms with Gasteiger partial charge in [0.15, 0.2) is 0 Å². The van der Waals surface area contributed by atoms with Crippen LogP contribution in [0.15, 0.2) is 42.7 Å². The summed E-state index contributed by atoms with van der Waals surface area (Å²) in [5.41, 5.74) is 8.63. The zero-order valence-corrected chi connectivity index (χ0v) is 10.5. The number of pyridine rings is 1. The lowest BCUT2D eigenvalue weighted by atomic mass is 10.1. The van der Waals surface area contributed by atoms with Gasteiger partial charge in [-0.15, -0.1) is 5.10 Å². The average Bonchev–Trinajstić information content (AvgIpc) is 2.86. The van der Waals surface area contributed by atoms with Gasteiger partial charge in [-0.2, -0.15) is 0 Å². The molecule has 0 bridgehead atoms. The second-order valence-corrected chi connectivity index (χ2v) is 4.48. The molecule has 0 spiro atoms. The lowest BCUT2D eigenvalue weighted by molar-refractivity contribution is 0.649. The molecule has 19 heavy (non-hydrogen) atoms. The molecule has 3 aromatic rings. The number of hydrogen-bond acceptors (Lipinski definition) is 4. The van der Waals surface area contributed by atoms with E-state index in [2.05, 4.69) is 33.5 Å². The predicted octanol–water partition coefficient (Wildman–Crippen LogP) is 1.38. The Balaban J connectivity index is 1.83. The molecule has 0 fully saturated rings. The Labute approximate surface area is 111 Å². The van der Waals surface area contributed by atoms with Gasteiger partial charge < -0.3 is 5.73 Å². The van der Waals surface area contributed by atoms with Crippen LogP contribution in [0.5, 0.6) is 0 Å². The van der Waals surface area contributed by atoms with E-state index < -0.39 is 0 Å². The summed E-state index contributed by atoms with van der Waals surface area (Å²) in [6.07, 6.45) is 4.51. The van der Waals surface area contributed by atoms with Crippen LogP contribution in [0.25, 0.3) is 10.9 Å². The summed E-state index contributed by atoms with van der Waals surface area (Å²) in [5, 5.41) is 9.33. The lowest BCUT2D eigenvalue weighted by Gasteiger charge is -2.03. The monoisotopic (exact) mass is 253 g/mol. The molecule has 1 aromatic carbocycles. The van der Waals surface area contributed by atoms with Gasteiger partial charge in [-0.05, 0) is 30.3 Å². The van der Waals surface area contributed by atoms with Crippen molar-refractivity contribution in [1.82, 2.24) is 20.0 Å². The fourth-order valence-corrected chi connectivity index (χ4v) is 2.09. The molecule has 0 unspecified atom stereocenters. The molecule has 0 amide bonds. The summed E-state index contributed by atoms with van der Waals surface area (Å²) < 4.78 is 1.84. The molecule has 3 rings (SSSR count). The molecule has 5 nitrogen and oxygen atoms in total. The number of aromatic nitrogens is 4. The summed E-state index contributed by atoms with van der Waals surface area (Å²) in [6, 6.07) is 10.2. The van der Waals surface area contributed by atoms with E-state index >= 15 is 0 Å². The van der Waals surface area contributed by atoms with Crippen LogP contribution in [0.2, 0.25) is 0 Å². The number of benzene rings is 1. The van der Waals surface area contributed by atoms with Crippen molar-refractivity contribution in [2.24, 2.45) is 5.73 Å². The molecule has 0 aliphatic rings. The highest BCUT2D eigenvalue weighted by Crippen LogP contribution is 2.14. The quantitative estimate of drug-likeness (QED) is 0.762. The van der Waals surface area contributed by atoms with Crippen LogP contribution in [0.3, 0.4) is 0 Å². The van der Waals surface area contributed by atoms with Crippen LogP contribution in [-0.4, -0.2) is 26.5 Å². The number of nitrogens with zero attached hydrogens (tertiary/aromatic N) is 4. The molecular formula is C14H15N5. The summed E-state index contributed by atoms with van der Waals surface area (Å²) in [6.45, 7) is 1.31. The van der Waals surface area contributed by atoms with Crippen LogP contribution < -0.4 is 5.73 Å². The molecular weight excluding hydrogens is 238 g/mol. The van der Waals surface area contributed by atoms with Gasteiger partial charge >= 0.3 is 0 Å². The summed E-state index contributed by atoms with van der Waals surface area (Å²) in [5.74, 6) is 0. The van der Waals surface area contributed by atoms with E-state index in [0.29, 0.717) is 13.1 Å². The molecule has 2 aromatic heterocycles. The van der Waals surface area contributed by atoms with Crippen molar-refractivity contribution < 1.29 is 0 Å². The Morgan fingerprint density at radius 2 is 2.16 bits per heavy atom. The third kappa shape index (κ3) is 2.61. The highest BCUT2D eigenvalue weighted by molar-refractivity contribution is 5.78. The number of nitrogens with two attached hydrogens (primary N) is 1. The minimum absolute atomic E-state index is 0.598. The smallest absolute Gasteiger partial charge is 0.0839 e. The second kappa shape index (κ2) is 5.16. The molecule has 5 heteroatoms. The zero-order valence-electron chi connectivity index (χ0n) is 10.5. The maximum Gasteiger partial charge on any atom is 0.0839 e. The zero-order chi connectivity index (χ0) is 13.1. The van der Waals surface area contributed by atoms with Crippen LogP contribution in [-0.2, 0) is 13.0 Å². The molecule has 0 saturated carbocycles. The Hall–Kier alpha value is -2.27. The maximum absolute atomic E-state index is 5.50. The summed E-state index contributed by atoms with van der Waals surface area (Å²) in [7, 11) is 0. The summed E-state index contributed by atoms with van der Waals surface area (Å²) in [4.78, 5) is 4.31. The highest BCUT2D eigenvalue weighted by atomic mass is 15.4. The first kappa shape index (κ1) is 11.8. The average molecular weight is 253 g/mol. The number of rotatable bonds is 4. The van der Waals surface area contributed by atoms with Gasteiger partial charge in [0.25, 0.3) is 0 Å². The fourth-order valence-electron chi connectivity index (χ4n) is 2.09. The van der Waals surface area contributed by atoms with E-state index in [0.717, 1.165) is 23.0 Å². The van der Waals surface area contributed by atoms with Crippen molar-refractivity contribution in [3.05, 3.63) is 54.0 Å². The molecule has 2 N–H and O–H groups in total. The van der Waals surface area contributed by atoms with Gasteiger partial charge in [-0.3, -0.25) is 4.98 Å². The molecule has 0 saturated heterocycles. The van der Waals surface area contributed by atoms with Gasteiger partial charge in [0.1, 0.15) is 0 Å². The maximum atomic E-state index is 5.50. The third-order valence-corrected chi connectivity index (χ3v) is 3.00. The minimum atomic E-state index is 0.598.